The number of hydrogen-bond acceptors (Lipinski definition) is 6. The first-order valence-electron chi connectivity index (χ1n) is 7.77. The molecule has 0 fully saturated rings. The molecule has 0 saturated carbocycles. The Kier molecular flexibility index (Phi) is 5.72. The van der Waals surface area contributed by atoms with Crippen LogP contribution in [0.15, 0.2) is 58.8 Å². The summed E-state index contributed by atoms with van der Waals surface area (Å²) >= 11 is 6.94. The minimum absolute atomic E-state index is 0.165. The zero-order valence-corrected chi connectivity index (χ0v) is 15.7. The van der Waals surface area contributed by atoms with Crippen molar-refractivity contribution in [3.63, 3.8) is 0 Å². The minimum atomic E-state index is -0.519. The van der Waals surface area contributed by atoms with Crippen molar-refractivity contribution in [3.05, 3.63) is 75.1 Å². The van der Waals surface area contributed by atoms with Crippen molar-refractivity contribution in [3.8, 4) is 0 Å². The molecule has 1 amide bonds. The molecule has 3 aromatic rings. The van der Waals surface area contributed by atoms with Gasteiger partial charge >= 0.3 is 0 Å². The molecule has 1 heterocycles. The highest BCUT2D eigenvalue weighted by molar-refractivity contribution is 7.99. The van der Waals surface area contributed by atoms with Gasteiger partial charge in [0.15, 0.2) is 5.16 Å². The molecule has 0 aliphatic heterocycles. The molecule has 27 heavy (non-hydrogen) atoms. The predicted molar refractivity (Wildman–Crippen MR) is 101 cm³/mol. The molecule has 0 atom stereocenters. The lowest BCUT2D eigenvalue weighted by atomic mass is 10.1. The fraction of sp³-hybridized carbons (Fsp3) is 0.118. The molecule has 1 aromatic heterocycles. The maximum atomic E-state index is 12.3. The van der Waals surface area contributed by atoms with Gasteiger partial charge in [0.05, 0.1) is 9.82 Å². The molecular weight excluding hydrogens is 390 g/mol. The number of nitro benzene ring substituents is 1. The molecule has 8 nitrogen and oxygen atoms in total. The van der Waals surface area contributed by atoms with Crippen molar-refractivity contribution >= 4 is 35.0 Å². The van der Waals surface area contributed by atoms with E-state index in [2.05, 4.69) is 15.5 Å². The molecule has 10 heteroatoms. The molecule has 0 aliphatic rings. The van der Waals surface area contributed by atoms with Crippen molar-refractivity contribution in [1.29, 1.82) is 0 Å². The van der Waals surface area contributed by atoms with E-state index < -0.39 is 10.8 Å². The quantitative estimate of drug-likeness (QED) is 0.499. The minimum Gasteiger partial charge on any atom is -0.348 e. The van der Waals surface area contributed by atoms with Crippen LogP contribution in [0.5, 0.6) is 0 Å². The lowest BCUT2D eigenvalue weighted by Gasteiger charge is -2.07. The Morgan fingerprint density at radius 2 is 2.04 bits per heavy atom. The maximum absolute atomic E-state index is 12.3. The number of halogens is 1. The Morgan fingerprint density at radius 1 is 1.30 bits per heavy atom. The van der Waals surface area contributed by atoms with Gasteiger partial charge in [0, 0.05) is 30.2 Å². The van der Waals surface area contributed by atoms with Crippen molar-refractivity contribution in [2.45, 2.75) is 16.6 Å². The summed E-state index contributed by atoms with van der Waals surface area (Å²) in [6, 6.07) is 11.4. The van der Waals surface area contributed by atoms with Crippen LogP contribution in [0.4, 0.5) is 5.69 Å². The third-order valence-electron chi connectivity index (χ3n) is 3.66. The maximum Gasteiger partial charge on any atom is 0.284 e. The highest BCUT2D eigenvalue weighted by atomic mass is 35.5. The van der Waals surface area contributed by atoms with Crippen molar-refractivity contribution < 1.29 is 9.72 Å². The molecule has 0 spiro atoms. The predicted octanol–water partition coefficient (Wildman–Crippen LogP) is 3.46. The number of hydrogen-bond donors (Lipinski definition) is 1. The number of aryl methyl sites for hydroxylation is 1. The Bertz CT molecular complexity index is 990. The number of amides is 1. The number of nitrogens with one attached hydrogen (secondary N) is 1. The molecule has 0 unspecified atom stereocenters. The van der Waals surface area contributed by atoms with Gasteiger partial charge in [-0.2, -0.15) is 0 Å². The van der Waals surface area contributed by atoms with Crippen LogP contribution in [0.2, 0.25) is 5.02 Å². The molecule has 0 radical (unpaired) electrons. The van der Waals surface area contributed by atoms with Gasteiger partial charge in [-0.25, -0.2) is 0 Å². The number of rotatable bonds is 6. The Balaban J connectivity index is 1.76. The lowest BCUT2D eigenvalue weighted by molar-refractivity contribution is -0.387. The second-order valence-corrected chi connectivity index (χ2v) is 7.02. The third kappa shape index (κ3) is 4.63. The summed E-state index contributed by atoms with van der Waals surface area (Å²) in [6.45, 7) is 0.291. The SMILES string of the molecule is Cn1cnnc1Sc1ccc(C(=O)NCc2ccc(Cl)cc2)cc1[N+](=O)[O-]. The number of aromatic nitrogens is 3. The number of carbonyl (C=O) groups excluding carboxylic acids is 1. The van der Waals surface area contributed by atoms with Crippen LogP contribution in [0, 0.1) is 10.1 Å². The second-order valence-electron chi connectivity index (χ2n) is 5.58. The van der Waals surface area contributed by atoms with E-state index in [1.54, 1.807) is 41.9 Å². The van der Waals surface area contributed by atoms with Gasteiger partial charge in [0.1, 0.15) is 6.33 Å². The normalized spacial score (nSPS) is 10.6. The summed E-state index contributed by atoms with van der Waals surface area (Å²) in [6.07, 6.45) is 1.51. The number of nitrogens with zero attached hydrogens (tertiary/aromatic N) is 4. The van der Waals surface area contributed by atoms with Gasteiger partial charge in [0.25, 0.3) is 11.6 Å². The van der Waals surface area contributed by atoms with E-state index >= 15 is 0 Å². The fourth-order valence-electron chi connectivity index (χ4n) is 2.24. The highest BCUT2D eigenvalue weighted by Gasteiger charge is 2.20. The zero-order chi connectivity index (χ0) is 19.4. The van der Waals surface area contributed by atoms with Crippen molar-refractivity contribution in [2.24, 2.45) is 7.05 Å². The molecule has 0 bridgehead atoms. The van der Waals surface area contributed by atoms with E-state index in [1.165, 1.54) is 18.5 Å². The average Bonchev–Trinajstić information content (AvgIpc) is 3.06. The molecule has 3 rings (SSSR count). The van der Waals surface area contributed by atoms with Gasteiger partial charge in [-0.05, 0) is 41.6 Å². The van der Waals surface area contributed by atoms with Crippen molar-refractivity contribution in [1.82, 2.24) is 20.1 Å². The average molecular weight is 404 g/mol. The number of carbonyl (C=O) groups is 1. The monoisotopic (exact) mass is 403 g/mol. The van der Waals surface area contributed by atoms with E-state index in [1.807, 2.05) is 0 Å². The lowest BCUT2D eigenvalue weighted by Crippen LogP contribution is -2.22. The van der Waals surface area contributed by atoms with Gasteiger partial charge in [-0.1, -0.05) is 23.7 Å². The van der Waals surface area contributed by atoms with Crippen LogP contribution >= 0.6 is 23.4 Å². The fourth-order valence-corrected chi connectivity index (χ4v) is 3.21. The summed E-state index contributed by atoms with van der Waals surface area (Å²) in [5.74, 6) is -0.400. The van der Waals surface area contributed by atoms with E-state index in [4.69, 9.17) is 11.6 Å². The molecule has 1 N–H and O–H groups in total. The Hall–Kier alpha value is -2.91. The van der Waals surface area contributed by atoms with E-state index in [9.17, 15) is 14.9 Å². The Labute approximate surface area is 163 Å². The summed E-state index contributed by atoms with van der Waals surface area (Å²) in [4.78, 5) is 23.6. The van der Waals surface area contributed by atoms with Crippen LogP contribution in [0.3, 0.4) is 0 Å². The molecular formula is C17H14ClN5O3S. The van der Waals surface area contributed by atoms with E-state index in [0.717, 1.165) is 17.3 Å². The second kappa shape index (κ2) is 8.19. The molecule has 138 valence electrons. The van der Waals surface area contributed by atoms with Crippen molar-refractivity contribution in [2.75, 3.05) is 0 Å². The topological polar surface area (TPSA) is 103 Å². The molecule has 0 saturated heterocycles. The first kappa shape index (κ1) is 18.9. The largest absolute Gasteiger partial charge is 0.348 e. The smallest absolute Gasteiger partial charge is 0.284 e. The number of nitro groups is 1. The van der Waals surface area contributed by atoms with Crippen LogP contribution in [-0.2, 0) is 13.6 Å². The van der Waals surface area contributed by atoms with Crippen LogP contribution in [-0.4, -0.2) is 25.6 Å². The molecule has 0 aliphatic carbocycles. The van der Waals surface area contributed by atoms with Gasteiger partial charge in [0.2, 0.25) is 0 Å². The first-order chi connectivity index (χ1) is 12.9. The first-order valence-corrected chi connectivity index (χ1v) is 8.96. The van der Waals surface area contributed by atoms with Crippen LogP contribution in [0.25, 0.3) is 0 Å². The van der Waals surface area contributed by atoms with E-state index in [0.29, 0.717) is 21.6 Å². The number of benzene rings is 2. The standard InChI is InChI=1S/C17H14ClN5O3S/c1-22-10-20-21-17(22)27-15-7-4-12(8-14(15)23(25)26)16(24)19-9-11-2-5-13(18)6-3-11/h2-8,10H,9H2,1H3,(H,19,24). The summed E-state index contributed by atoms with van der Waals surface area (Å²) in [7, 11) is 1.74. The third-order valence-corrected chi connectivity index (χ3v) is 5.02. The van der Waals surface area contributed by atoms with Gasteiger partial charge < -0.3 is 9.88 Å². The van der Waals surface area contributed by atoms with E-state index in [-0.39, 0.29) is 11.3 Å². The van der Waals surface area contributed by atoms with Crippen LogP contribution in [0.1, 0.15) is 15.9 Å². The highest BCUT2D eigenvalue weighted by Crippen LogP contribution is 2.34. The van der Waals surface area contributed by atoms with Crippen LogP contribution < -0.4 is 5.32 Å². The summed E-state index contributed by atoms with van der Waals surface area (Å²) in [5.41, 5.74) is 0.914. The summed E-state index contributed by atoms with van der Waals surface area (Å²) < 4.78 is 1.65. The zero-order valence-electron chi connectivity index (χ0n) is 14.1. The van der Waals surface area contributed by atoms with Gasteiger partial charge in [-0.15, -0.1) is 10.2 Å². The molecule has 2 aromatic carbocycles. The Morgan fingerprint density at radius 3 is 2.67 bits per heavy atom. The van der Waals surface area contributed by atoms with Gasteiger partial charge in [-0.3, -0.25) is 14.9 Å². The summed E-state index contributed by atoms with van der Waals surface area (Å²) in [5, 5.41) is 22.9.